The average Bonchev–Trinajstić information content (AvgIpc) is 2.14. The van der Waals surface area contributed by atoms with E-state index < -0.39 is 0 Å². The highest BCUT2D eigenvalue weighted by molar-refractivity contribution is 5.08. The highest BCUT2D eigenvalue weighted by Gasteiger charge is 2.54. The summed E-state index contributed by atoms with van der Waals surface area (Å²) in [5.74, 6) is 2.99. The van der Waals surface area contributed by atoms with E-state index >= 15 is 0 Å². The van der Waals surface area contributed by atoms with Gasteiger partial charge in [0, 0.05) is 0 Å². The maximum absolute atomic E-state index is 6.29. The van der Waals surface area contributed by atoms with Crippen LogP contribution < -0.4 is 0 Å². The molecule has 0 aromatic rings. The van der Waals surface area contributed by atoms with Crippen LogP contribution in [0.2, 0.25) is 0 Å². The van der Waals surface area contributed by atoms with Gasteiger partial charge >= 0.3 is 0 Å². The Labute approximate surface area is 63.0 Å². The molecule has 2 radical (unpaired) electrons. The van der Waals surface area contributed by atoms with Crippen LogP contribution in [0.15, 0.2) is 0 Å². The topological polar surface area (TPSA) is 0 Å². The molecule has 4 aliphatic carbocycles. The lowest BCUT2D eigenvalue weighted by atomic mass is 9.77. The van der Waals surface area contributed by atoms with Crippen LogP contribution in [0.3, 0.4) is 0 Å². The van der Waals surface area contributed by atoms with E-state index in [1.807, 2.05) is 0 Å². The molecule has 0 nitrogen and oxygen atoms in total. The van der Waals surface area contributed by atoms with Crippen molar-refractivity contribution < 1.29 is 0 Å². The fourth-order valence-electron chi connectivity index (χ4n) is 3.86. The molecule has 4 aliphatic rings. The molecule has 0 spiro atoms. The fourth-order valence-corrected chi connectivity index (χ4v) is 3.86. The molecular weight excluding hydrogens is 120 g/mol. The second kappa shape index (κ2) is 1.44. The lowest BCUT2D eigenvalue weighted by Gasteiger charge is -2.28. The van der Waals surface area contributed by atoms with Gasteiger partial charge in [0.1, 0.15) is 0 Å². The van der Waals surface area contributed by atoms with E-state index in [1.165, 1.54) is 32.1 Å². The molecule has 2 atom stereocenters. The molecule has 0 N–H and O–H groups in total. The fraction of sp³-hybridized carbons (Fsp3) is 0.900. The minimum Gasteiger partial charge on any atom is -0.0475 e. The van der Waals surface area contributed by atoms with E-state index in [0.29, 0.717) is 5.41 Å². The van der Waals surface area contributed by atoms with E-state index in [-0.39, 0.29) is 0 Å². The van der Waals surface area contributed by atoms with Crippen LogP contribution in [0.5, 0.6) is 0 Å². The van der Waals surface area contributed by atoms with Crippen molar-refractivity contribution in [1.82, 2.24) is 0 Å². The predicted molar refractivity (Wildman–Crippen MR) is 40.3 cm³/mol. The van der Waals surface area contributed by atoms with Crippen molar-refractivity contribution in [3.8, 4) is 0 Å². The van der Waals surface area contributed by atoms with E-state index in [0.717, 1.165) is 17.8 Å². The lowest BCUT2D eigenvalue weighted by Crippen LogP contribution is -2.18. The predicted octanol–water partition coefficient (Wildman–Crippen LogP) is 2.52. The molecule has 4 bridgehead atoms. The van der Waals surface area contributed by atoms with Gasteiger partial charge in [-0.3, -0.25) is 0 Å². The Bertz CT molecular complexity index is 157. The van der Waals surface area contributed by atoms with Crippen LogP contribution in [0, 0.1) is 30.1 Å². The van der Waals surface area contributed by atoms with Crippen LogP contribution in [-0.2, 0) is 0 Å². The summed E-state index contributed by atoms with van der Waals surface area (Å²) in [7, 11) is 0. The molecule has 4 fully saturated rings. The molecule has 54 valence electrons. The first-order valence-corrected chi connectivity index (χ1v) is 4.55. The zero-order valence-corrected chi connectivity index (χ0v) is 6.34. The standard InChI is InChI=1S/C10H14/c1-10-5-7-2-8(6-10)4-9(10)3-7/h1,7-9H,2-6H2. The van der Waals surface area contributed by atoms with Gasteiger partial charge in [0.25, 0.3) is 0 Å². The van der Waals surface area contributed by atoms with Crippen molar-refractivity contribution in [3.05, 3.63) is 6.92 Å². The van der Waals surface area contributed by atoms with Crippen molar-refractivity contribution in [2.45, 2.75) is 32.1 Å². The first-order chi connectivity index (χ1) is 4.76. The van der Waals surface area contributed by atoms with Crippen molar-refractivity contribution in [3.63, 3.8) is 0 Å². The first kappa shape index (κ1) is 5.62. The van der Waals surface area contributed by atoms with E-state index in [4.69, 9.17) is 6.92 Å². The van der Waals surface area contributed by atoms with Gasteiger partial charge in [0.2, 0.25) is 0 Å². The summed E-state index contributed by atoms with van der Waals surface area (Å²) >= 11 is 0. The monoisotopic (exact) mass is 134 g/mol. The number of hydrogen-bond donors (Lipinski definition) is 0. The average molecular weight is 134 g/mol. The van der Waals surface area contributed by atoms with Gasteiger partial charge in [-0.15, -0.1) is 0 Å². The third-order valence-corrected chi connectivity index (χ3v) is 4.05. The zero-order valence-electron chi connectivity index (χ0n) is 6.34. The lowest BCUT2D eigenvalue weighted by molar-refractivity contribution is 0.250. The normalized spacial score (nSPS) is 63.9. The number of rotatable bonds is 0. The van der Waals surface area contributed by atoms with Gasteiger partial charge in [-0.2, -0.15) is 0 Å². The molecule has 0 saturated heterocycles. The van der Waals surface area contributed by atoms with E-state index in [1.54, 1.807) is 0 Å². The Hall–Kier alpha value is 0. The van der Waals surface area contributed by atoms with Crippen molar-refractivity contribution in [2.24, 2.45) is 23.2 Å². The molecule has 0 aliphatic heterocycles. The van der Waals surface area contributed by atoms with E-state index in [9.17, 15) is 0 Å². The first-order valence-electron chi connectivity index (χ1n) is 4.55. The molecule has 4 rings (SSSR count). The van der Waals surface area contributed by atoms with Gasteiger partial charge in [0.15, 0.2) is 0 Å². The third kappa shape index (κ3) is 0.500. The summed E-state index contributed by atoms with van der Waals surface area (Å²) in [6.45, 7) is 6.29. The molecule has 4 saturated carbocycles. The van der Waals surface area contributed by atoms with Gasteiger partial charge < -0.3 is 0 Å². The Balaban J connectivity index is 2.04. The van der Waals surface area contributed by atoms with Crippen LogP contribution in [0.25, 0.3) is 0 Å². The Morgan fingerprint density at radius 1 is 1.00 bits per heavy atom. The Kier molecular flexibility index (Phi) is 0.810. The van der Waals surface area contributed by atoms with Gasteiger partial charge in [-0.25, -0.2) is 0 Å². The van der Waals surface area contributed by atoms with Crippen LogP contribution in [-0.4, -0.2) is 0 Å². The smallest absolute Gasteiger partial charge is 0.0229 e. The van der Waals surface area contributed by atoms with Gasteiger partial charge in [0.05, 0.1) is 0 Å². The molecule has 0 aromatic carbocycles. The Morgan fingerprint density at radius 3 is 2.00 bits per heavy atom. The minimum absolute atomic E-state index is 0.327. The molecule has 0 aromatic heterocycles. The maximum Gasteiger partial charge on any atom is -0.0229 e. The summed E-state index contributed by atoms with van der Waals surface area (Å²) in [6, 6.07) is 0. The SMILES string of the molecule is [CH]C12CC3CC(CC1C3)C2. The Morgan fingerprint density at radius 2 is 1.60 bits per heavy atom. The largest absolute Gasteiger partial charge is 0.0475 e. The molecule has 0 amide bonds. The summed E-state index contributed by atoms with van der Waals surface area (Å²) in [4.78, 5) is 0. The minimum atomic E-state index is 0.327. The summed E-state index contributed by atoms with van der Waals surface area (Å²) < 4.78 is 0. The highest BCUT2D eigenvalue weighted by Crippen LogP contribution is 2.64. The van der Waals surface area contributed by atoms with Gasteiger partial charge in [-0.1, -0.05) is 0 Å². The van der Waals surface area contributed by atoms with Crippen LogP contribution >= 0.6 is 0 Å². The van der Waals surface area contributed by atoms with Crippen molar-refractivity contribution in [1.29, 1.82) is 0 Å². The molecular formula is C10H14. The van der Waals surface area contributed by atoms with E-state index in [2.05, 4.69) is 0 Å². The summed E-state index contributed by atoms with van der Waals surface area (Å²) in [6.07, 6.45) is 7.15. The molecule has 0 heteroatoms. The molecule has 2 unspecified atom stereocenters. The quantitative estimate of drug-likeness (QED) is 0.477. The van der Waals surface area contributed by atoms with Crippen molar-refractivity contribution in [2.75, 3.05) is 0 Å². The maximum atomic E-state index is 6.29. The highest BCUT2D eigenvalue weighted by atomic mass is 14.6. The summed E-state index contributed by atoms with van der Waals surface area (Å²) in [5, 5.41) is 0. The number of hydrogen-bond acceptors (Lipinski definition) is 0. The van der Waals surface area contributed by atoms with Crippen LogP contribution in [0.1, 0.15) is 32.1 Å². The molecule has 0 heterocycles. The second-order valence-corrected chi connectivity index (χ2v) is 4.78. The summed E-state index contributed by atoms with van der Waals surface area (Å²) in [5.41, 5.74) is 0.327. The third-order valence-electron chi connectivity index (χ3n) is 4.05. The van der Waals surface area contributed by atoms with Crippen molar-refractivity contribution >= 4 is 0 Å². The molecule has 10 heavy (non-hydrogen) atoms. The van der Waals surface area contributed by atoms with Crippen LogP contribution in [0.4, 0.5) is 0 Å². The zero-order chi connectivity index (χ0) is 6.77. The second-order valence-electron chi connectivity index (χ2n) is 4.78. The van der Waals surface area contributed by atoms with Gasteiger partial charge in [-0.05, 0) is 62.2 Å².